The Hall–Kier alpha value is -2.87. The Morgan fingerprint density at radius 3 is 2.57 bits per heavy atom. The second kappa shape index (κ2) is 6.53. The van der Waals surface area contributed by atoms with Crippen LogP contribution in [0.5, 0.6) is 11.5 Å². The first-order valence-electron chi connectivity index (χ1n) is 6.13. The first-order valence-corrected chi connectivity index (χ1v) is 6.13. The van der Waals surface area contributed by atoms with Crippen molar-refractivity contribution < 1.29 is 18.7 Å². The highest BCUT2D eigenvalue weighted by molar-refractivity contribution is 5.97. The summed E-state index contributed by atoms with van der Waals surface area (Å²) in [5.41, 5.74) is 0.629. The van der Waals surface area contributed by atoms with Gasteiger partial charge < -0.3 is 9.47 Å². The van der Waals surface area contributed by atoms with Crippen molar-refractivity contribution in [3.63, 3.8) is 0 Å². The van der Waals surface area contributed by atoms with E-state index >= 15 is 0 Å². The number of hydrogen-bond acceptors (Lipinski definition) is 4. The SMILES string of the molecule is COc1ccc(OCC(=O)c2ccc(F)cc2)c(C#N)c1. The van der Waals surface area contributed by atoms with Crippen LogP contribution in [0.2, 0.25) is 0 Å². The highest BCUT2D eigenvalue weighted by atomic mass is 19.1. The fourth-order valence-electron chi connectivity index (χ4n) is 1.71. The van der Waals surface area contributed by atoms with E-state index in [-0.39, 0.29) is 18.0 Å². The summed E-state index contributed by atoms with van der Waals surface area (Å²) in [6, 6.07) is 11.9. The average Bonchev–Trinajstić information content (AvgIpc) is 2.53. The van der Waals surface area contributed by atoms with Gasteiger partial charge in [-0.3, -0.25) is 4.79 Å². The van der Waals surface area contributed by atoms with E-state index in [1.54, 1.807) is 12.1 Å². The third-order valence-electron chi connectivity index (χ3n) is 2.83. The molecule has 5 heteroatoms. The first kappa shape index (κ1) is 14.5. The Kier molecular flexibility index (Phi) is 4.52. The molecule has 2 aromatic rings. The lowest BCUT2D eigenvalue weighted by molar-refractivity contribution is 0.0921. The fraction of sp³-hybridized carbons (Fsp3) is 0.125. The number of rotatable bonds is 5. The fourth-order valence-corrected chi connectivity index (χ4v) is 1.71. The lowest BCUT2D eigenvalue weighted by atomic mass is 10.1. The van der Waals surface area contributed by atoms with Gasteiger partial charge in [0.15, 0.2) is 12.4 Å². The molecule has 0 bridgehead atoms. The van der Waals surface area contributed by atoms with Crippen LogP contribution >= 0.6 is 0 Å². The number of nitrogens with zero attached hydrogens (tertiary/aromatic N) is 1. The van der Waals surface area contributed by atoms with Crippen LogP contribution in [0.4, 0.5) is 4.39 Å². The molecule has 0 spiro atoms. The summed E-state index contributed by atoms with van der Waals surface area (Å²) < 4.78 is 23.1. The van der Waals surface area contributed by atoms with Crippen LogP contribution in [0, 0.1) is 17.1 Å². The molecule has 21 heavy (non-hydrogen) atoms. The van der Waals surface area contributed by atoms with E-state index in [9.17, 15) is 9.18 Å². The van der Waals surface area contributed by atoms with Crippen LogP contribution in [0.25, 0.3) is 0 Å². The van der Waals surface area contributed by atoms with Crippen LogP contribution in [-0.4, -0.2) is 19.5 Å². The number of nitriles is 1. The molecule has 0 aliphatic carbocycles. The maximum absolute atomic E-state index is 12.8. The molecule has 4 nitrogen and oxygen atoms in total. The summed E-state index contributed by atoms with van der Waals surface area (Å²) in [5, 5.41) is 9.04. The van der Waals surface area contributed by atoms with E-state index in [0.29, 0.717) is 17.1 Å². The standard InChI is InChI=1S/C16H12FNO3/c1-20-14-6-7-16(12(8-14)9-18)21-10-15(19)11-2-4-13(17)5-3-11/h2-8H,10H2,1H3. The third-order valence-corrected chi connectivity index (χ3v) is 2.83. The number of carbonyl (C=O) groups is 1. The minimum atomic E-state index is -0.408. The Balaban J connectivity index is 2.08. The van der Waals surface area contributed by atoms with Gasteiger partial charge in [-0.1, -0.05) is 0 Å². The zero-order valence-corrected chi connectivity index (χ0v) is 11.3. The molecule has 0 amide bonds. The Morgan fingerprint density at radius 2 is 1.95 bits per heavy atom. The molecule has 0 N–H and O–H groups in total. The normalized spacial score (nSPS) is 9.76. The van der Waals surface area contributed by atoms with Crippen molar-refractivity contribution in [2.75, 3.05) is 13.7 Å². The van der Waals surface area contributed by atoms with E-state index in [2.05, 4.69) is 0 Å². The quantitative estimate of drug-likeness (QED) is 0.792. The van der Waals surface area contributed by atoms with Gasteiger partial charge in [0.1, 0.15) is 23.4 Å². The molecule has 106 valence electrons. The van der Waals surface area contributed by atoms with Crippen LogP contribution in [-0.2, 0) is 0 Å². The van der Waals surface area contributed by atoms with Crippen LogP contribution < -0.4 is 9.47 Å². The van der Waals surface area contributed by atoms with E-state index in [4.69, 9.17) is 14.7 Å². The van der Waals surface area contributed by atoms with Crippen molar-refractivity contribution >= 4 is 5.78 Å². The Labute approximate surface area is 121 Å². The maximum Gasteiger partial charge on any atom is 0.200 e. The van der Waals surface area contributed by atoms with Gasteiger partial charge in [-0.15, -0.1) is 0 Å². The summed E-state index contributed by atoms with van der Waals surface area (Å²) in [5.74, 6) is 0.127. The molecule has 0 aromatic heterocycles. The van der Waals surface area contributed by atoms with Gasteiger partial charge in [0.25, 0.3) is 0 Å². The zero-order valence-electron chi connectivity index (χ0n) is 11.3. The number of halogens is 1. The summed E-state index contributed by atoms with van der Waals surface area (Å²) in [7, 11) is 1.50. The zero-order chi connectivity index (χ0) is 15.2. The van der Waals surface area contributed by atoms with Crippen LogP contribution in [0.1, 0.15) is 15.9 Å². The van der Waals surface area contributed by atoms with E-state index in [1.165, 1.54) is 37.4 Å². The second-order valence-electron chi connectivity index (χ2n) is 4.19. The van der Waals surface area contributed by atoms with E-state index in [0.717, 1.165) is 0 Å². The Morgan fingerprint density at radius 1 is 1.24 bits per heavy atom. The highest BCUT2D eigenvalue weighted by Gasteiger charge is 2.10. The van der Waals surface area contributed by atoms with Crippen LogP contribution in [0.15, 0.2) is 42.5 Å². The van der Waals surface area contributed by atoms with Gasteiger partial charge in [0, 0.05) is 11.6 Å². The van der Waals surface area contributed by atoms with E-state index in [1.807, 2.05) is 6.07 Å². The lowest BCUT2D eigenvalue weighted by Crippen LogP contribution is -2.12. The topological polar surface area (TPSA) is 59.3 Å². The Bertz CT molecular complexity index is 690. The number of benzene rings is 2. The lowest BCUT2D eigenvalue weighted by Gasteiger charge is -2.08. The molecular weight excluding hydrogens is 273 g/mol. The van der Waals surface area contributed by atoms with Crippen molar-refractivity contribution in [3.05, 3.63) is 59.4 Å². The highest BCUT2D eigenvalue weighted by Crippen LogP contribution is 2.23. The number of ketones is 1. The molecule has 0 unspecified atom stereocenters. The van der Waals surface area contributed by atoms with Crippen molar-refractivity contribution in [3.8, 4) is 17.6 Å². The maximum atomic E-state index is 12.8. The van der Waals surface area contributed by atoms with Crippen molar-refractivity contribution in [1.82, 2.24) is 0 Å². The largest absolute Gasteiger partial charge is 0.497 e. The van der Waals surface area contributed by atoms with Crippen molar-refractivity contribution in [1.29, 1.82) is 5.26 Å². The minimum absolute atomic E-state index is 0.230. The molecule has 2 rings (SSSR count). The van der Waals surface area contributed by atoms with Gasteiger partial charge in [0.05, 0.1) is 12.7 Å². The van der Waals surface area contributed by atoms with Crippen LogP contribution in [0.3, 0.4) is 0 Å². The molecule has 0 fully saturated rings. The summed E-state index contributed by atoms with van der Waals surface area (Å²) in [4.78, 5) is 11.9. The summed E-state index contributed by atoms with van der Waals surface area (Å²) >= 11 is 0. The van der Waals surface area contributed by atoms with Gasteiger partial charge in [-0.25, -0.2) is 4.39 Å². The van der Waals surface area contributed by atoms with Crippen molar-refractivity contribution in [2.24, 2.45) is 0 Å². The number of methoxy groups -OCH3 is 1. The molecule has 0 aliphatic rings. The predicted octanol–water partition coefficient (Wildman–Crippen LogP) is 2.97. The smallest absolute Gasteiger partial charge is 0.200 e. The molecule has 0 radical (unpaired) electrons. The summed E-state index contributed by atoms with van der Waals surface area (Å²) in [6.07, 6.45) is 0. The van der Waals surface area contributed by atoms with E-state index < -0.39 is 5.82 Å². The number of ether oxygens (including phenoxy) is 2. The number of carbonyl (C=O) groups excluding carboxylic acids is 1. The third kappa shape index (κ3) is 3.57. The number of hydrogen-bond donors (Lipinski definition) is 0. The predicted molar refractivity (Wildman–Crippen MR) is 73.9 cm³/mol. The average molecular weight is 285 g/mol. The molecule has 0 saturated carbocycles. The summed E-state index contributed by atoms with van der Waals surface area (Å²) in [6.45, 7) is -0.230. The van der Waals surface area contributed by atoms with Gasteiger partial charge in [0.2, 0.25) is 0 Å². The van der Waals surface area contributed by atoms with Gasteiger partial charge in [-0.05, 0) is 36.4 Å². The molecule has 0 heterocycles. The first-order chi connectivity index (χ1) is 10.1. The molecular formula is C16H12FNO3. The monoisotopic (exact) mass is 285 g/mol. The number of Topliss-reactive ketones (excluding diaryl/α,β-unsaturated/α-hetero) is 1. The minimum Gasteiger partial charge on any atom is -0.497 e. The molecule has 0 atom stereocenters. The second-order valence-corrected chi connectivity index (χ2v) is 4.19. The molecule has 0 saturated heterocycles. The molecule has 0 aliphatic heterocycles. The molecule has 2 aromatic carbocycles. The van der Waals surface area contributed by atoms with Gasteiger partial charge in [-0.2, -0.15) is 5.26 Å². The van der Waals surface area contributed by atoms with Crippen molar-refractivity contribution in [2.45, 2.75) is 0 Å². The van der Waals surface area contributed by atoms with Gasteiger partial charge >= 0.3 is 0 Å².